The second kappa shape index (κ2) is 11.4. The third-order valence-corrected chi connectivity index (χ3v) is 6.87. The molecule has 41 heavy (non-hydrogen) atoms. The second-order valence-corrected chi connectivity index (χ2v) is 9.72. The average molecular weight is 580 g/mol. The van der Waals surface area contributed by atoms with E-state index >= 15 is 0 Å². The summed E-state index contributed by atoms with van der Waals surface area (Å²) in [5.41, 5.74) is -0.563. The Kier molecular flexibility index (Phi) is 8.06. The van der Waals surface area contributed by atoms with Gasteiger partial charge in [-0.15, -0.1) is 0 Å². The Hall–Kier alpha value is -3.51. The third-order valence-electron chi connectivity index (χ3n) is 6.87. The Labute approximate surface area is 230 Å². The van der Waals surface area contributed by atoms with Crippen LogP contribution in [0.25, 0.3) is 22.1 Å². The van der Waals surface area contributed by atoms with Gasteiger partial charge in [0.25, 0.3) is 0 Å². The van der Waals surface area contributed by atoms with Gasteiger partial charge in [0.05, 0.1) is 18.6 Å². The molecule has 2 aromatic carbocycles. The van der Waals surface area contributed by atoms with Gasteiger partial charge in [0.2, 0.25) is 6.29 Å². The summed E-state index contributed by atoms with van der Waals surface area (Å²) in [5, 5.41) is 91.2. The van der Waals surface area contributed by atoms with Crippen molar-refractivity contribution < 1.29 is 69.3 Å². The molecule has 2 aliphatic rings. The minimum atomic E-state index is -1.83. The molecule has 5 rings (SSSR count). The maximum Gasteiger partial charge on any atom is 0.336 e. The van der Waals surface area contributed by atoms with Crippen LogP contribution >= 0.6 is 0 Å². The first kappa shape index (κ1) is 29.0. The van der Waals surface area contributed by atoms with Gasteiger partial charge in [-0.25, -0.2) is 4.79 Å². The minimum absolute atomic E-state index is 0.0861. The summed E-state index contributed by atoms with van der Waals surface area (Å²) in [6.45, 7) is -0.866. The number of benzene rings is 2. The fourth-order valence-corrected chi connectivity index (χ4v) is 4.65. The highest BCUT2D eigenvalue weighted by Crippen LogP contribution is 2.40. The van der Waals surface area contributed by atoms with E-state index in [1.54, 1.807) is 0 Å². The maximum atomic E-state index is 12.3. The molecule has 0 aliphatic carbocycles. The lowest BCUT2D eigenvalue weighted by atomic mass is 9.98. The van der Waals surface area contributed by atoms with E-state index < -0.39 is 84.8 Å². The van der Waals surface area contributed by atoms with Gasteiger partial charge in [0.1, 0.15) is 59.8 Å². The fourth-order valence-electron chi connectivity index (χ4n) is 4.65. The Morgan fingerprint density at radius 1 is 0.805 bits per heavy atom. The van der Waals surface area contributed by atoms with E-state index in [9.17, 15) is 50.8 Å². The number of fused-ring (bicyclic) bond motifs is 1. The molecule has 9 atom stereocenters. The van der Waals surface area contributed by atoms with Gasteiger partial charge in [0.15, 0.2) is 17.8 Å². The SMILES string of the molecule is O=c1cc(-c2ccc(O)c(O)c2)c2c(O[C@H]3O[C@@H](CO[C@@H]4OC[C@H](O)[C@@H](O)[C@@H]4O)[C@H](O)[C@@H](O)[C@@H]3O)cc(O)cc2o1. The predicted octanol–water partition coefficient (Wildman–Crippen LogP) is -1.78. The molecule has 2 aliphatic heterocycles. The van der Waals surface area contributed by atoms with Crippen LogP contribution in [-0.4, -0.2) is 114 Å². The van der Waals surface area contributed by atoms with Crippen LogP contribution in [-0.2, 0) is 14.2 Å². The standard InChI is InChI=1S/C26H28O15/c27-10-4-15-19(11(6-18(31)39-15)9-1-2-12(28)13(29)3-9)16(5-10)40-26-24(36)22(34)21(33)17(41-26)8-38-25-23(35)20(32)14(30)7-37-25/h1-6,14,17,20-30,32-36H,7-8H2/t14-,17-,20+,21-,22+,23-,24-,25-,26-/m0/s1. The normalized spacial score (nSPS) is 32.2. The summed E-state index contributed by atoms with van der Waals surface area (Å²) >= 11 is 0. The molecule has 3 heterocycles. The summed E-state index contributed by atoms with van der Waals surface area (Å²) in [7, 11) is 0. The molecule has 9 N–H and O–H groups in total. The molecule has 222 valence electrons. The molecule has 3 aromatic rings. The summed E-state index contributed by atoms with van der Waals surface area (Å²) in [5.74, 6) is -1.49. The molecule has 0 unspecified atom stereocenters. The second-order valence-electron chi connectivity index (χ2n) is 9.72. The van der Waals surface area contributed by atoms with E-state index in [1.807, 2.05) is 0 Å². The average Bonchev–Trinajstić information content (AvgIpc) is 2.93. The molecule has 2 fully saturated rings. The van der Waals surface area contributed by atoms with Crippen molar-refractivity contribution in [3.63, 3.8) is 0 Å². The van der Waals surface area contributed by atoms with Crippen LogP contribution in [0, 0.1) is 0 Å². The molecule has 0 amide bonds. The Morgan fingerprint density at radius 3 is 2.27 bits per heavy atom. The summed E-state index contributed by atoms with van der Waals surface area (Å²) in [6.07, 6.45) is -14.3. The molecule has 2 saturated heterocycles. The van der Waals surface area contributed by atoms with Crippen molar-refractivity contribution >= 4 is 11.0 Å². The molecule has 15 heteroatoms. The highest BCUT2D eigenvalue weighted by molar-refractivity contribution is 5.98. The third kappa shape index (κ3) is 5.67. The first-order valence-corrected chi connectivity index (χ1v) is 12.4. The Balaban J connectivity index is 1.45. The van der Waals surface area contributed by atoms with Crippen molar-refractivity contribution in [2.45, 2.75) is 55.3 Å². The van der Waals surface area contributed by atoms with Crippen molar-refractivity contribution in [2.75, 3.05) is 13.2 Å². The summed E-state index contributed by atoms with van der Waals surface area (Å²) in [6, 6.07) is 7.08. The number of aliphatic hydroxyl groups is 6. The lowest BCUT2D eigenvalue weighted by molar-refractivity contribution is -0.307. The van der Waals surface area contributed by atoms with E-state index in [0.29, 0.717) is 0 Å². The molecular formula is C26H28O15. The van der Waals surface area contributed by atoms with Gasteiger partial charge >= 0.3 is 5.63 Å². The monoisotopic (exact) mass is 580 g/mol. The molecular weight excluding hydrogens is 552 g/mol. The van der Waals surface area contributed by atoms with Crippen LogP contribution < -0.4 is 10.4 Å². The Bertz CT molecular complexity index is 1460. The van der Waals surface area contributed by atoms with Gasteiger partial charge in [-0.1, -0.05) is 6.07 Å². The van der Waals surface area contributed by atoms with Crippen molar-refractivity contribution in [1.29, 1.82) is 0 Å². The minimum Gasteiger partial charge on any atom is -0.508 e. The molecule has 1 aromatic heterocycles. The lowest BCUT2D eigenvalue weighted by Gasteiger charge is -2.41. The number of ether oxygens (including phenoxy) is 4. The molecule has 0 saturated carbocycles. The first-order chi connectivity index (χ1) is 19.4. The smallest absolute Gasteiger partial charge is 0.336 e. The summed E-state index contributed by atoms with van der Waals surface area (Å²) < 4.78 is 27.2. The zero-order valence-corrected chi connectivity index (χ0v) is 21.0. The van der Waals surface area contributed by atoms with E-state index in [-0.39, 0.29) is 34.5 Å². The van der Waals surface area contributed by atoms with Gasteiger partial charge in [-0.05, 0) is 17.7 Å². The highest BCUT2D eigenvalue weighted by atomic mass is 16.7. The van der Waals surface area contributed by atoms with Crippen molar-refractivity contribution in [3.05, 3.63) is 46.8 Å². The van der Waals surface area contributed by atoms with E-state index in [0.717, 1.165) is 18.2 Å². The number of rotatable bonds is 6. The van der Waals surface area contributed by atoms with Gasteiger partial charge in [-0.2, -0.15) is 0 Å². The quantitative estimate of drug-likeness (QED) is 0.115. The number of phenolic OH excluding ortho intramolecular Hbond substituents is 3. The predicted molar refractivity (Wildman–Crippen MR) is 134 cm³/mol. The number of hydrogen-bond donors (Lipinski definition) is 9. The molecule has 0 spiro atoms. The number of aromatic hydroxyl groups is 3. The number of hydrogen-bond acceptors (Lipinski definition) is 15. The van der Waals surface area contributed by atoms with Crippen LogP contribution in [0.2, 0.25) is 0 Å². The van der Waals surface area contributed by atoms with Crippen molar-refractivity contribution in [2.24, 2.45) is 0 Å². The zero-order chi connectivity index (χ0) is 29.6. The van der Waals surface area contributed by atoms with Crippen molar-refractivity contribution in [1.82, 2.24) is 0 Å². The van der Waals surface area contributed by atoms with E-state index in [4.69, 9.17) is 23.4 Å². The summed E-state index contributed by atoms with van der Waals surface area (Å²) in [4.78, 5) is 12.3. The highest BCUT2D eigenvalue weighted by Gasteiger charge is 2.46. The van der Waals surface area contributed by atoms with E-state index in [1.165, 1.54) is 18.2 Å². The van der Waals surface area contributed by atoms with Crippen molar-refractivity contribution in [3.8, 4) is 34.1 Å². The topological polar surface area (TPSA) is 249 Å². The van der Waals surface area contributed by atoms with E-state index in [2.05, 4.69) is 0 Å². The lowest BCUT2D eigenvalue weighted by Crippen LogP contribution is -2.61. The maximum absolute atomic E-state index is 12.3. The van der Waals surface area contributed by atoms with Crippen LogP contribution in [0.3, 0.4) is 0 Å². The van der Waals surface area contributed by atoms with Crippen LogP contribution in [0.15, 0.2) is 45.6 Å². The number of aliphatic hydroxyl groups excluding tert-OH is 6. The van der Waals surface area contributed by atoms with Crippen LogP contribution in [0.4, 0.5) is 0 Å². The molecule has 0 radical (unpaired) electrons. The Morgan fingerprint density at radius 2 is 1.54 bits per heavy atom. The van der Waals surface area contributed by atoms with Gasteiger partial charge < -0.3 is 69.3 Å². The molecule has 15 nitrogen and oxygen atoms in total. The number of phenols is 3. The van der Waals surface area contributed by atoms with Crippen LogP contribution in [0.1, 0.15) is 0 Å². The zero-order valence-electron chi connectivity index (χ0n) is 21.0. The van der Waals surface area contributed by atoms with Gasteiger partial charge in [-0.3, -0.25) is 0 Å². The van der Waals surface area contributed by atoms with Gasteiger partial charge in [0, 0.05) is 23.8 Å². The largest absolute Gasteiger partial charge is 0.508 e. The molecule has 0 bridgehead atoms. The fraction of sp³-hybridized carbons (Fsp3) is 0.423. The first-order valence-electron chi connectivity index (χ1n) is 12.4. The van der Waals surface area contributed by atoms with Crippen LogP contribution in [0.5, 0.6) is 23.0 Å².